The number of rotatable bonds is 5. The van der Waals surface area contributed by atoms with Crippen LogP contribution in [0.5, 0.6) is 0 Å². The molecule has 1 amide bonds. The summed E-state index contributed by atoms with van der Waals surface area (Å²) in [5.41, 5.74) is 7.74. The molecule has 0 aliphatic rings. The number of hydrogen-bond acceptors (Lipinski definition) is 4. The van der Waals surface area contributed by atoms with Gasteiger partial charge in [0.1, 0.15) is 5.01 Å². The van der Waals surface area contributed by atoms with Crippen molar-refractivity contribution in [1.29, 1.82) is 0 Å². The van der Waals surface area contributed by atoms with E-state index < -0.39 is 0 Å². The molecule has 132 valence electrons. The third kappa shape index (κ3) is 4.93. The molecule has 0 bridgehead atoms. The Labute approximate surface area is 158 Å². The van der Waals surface area contributed by atoms with Crippen molar-refractivity contribution >= 4 is 41.3 Å². The van der Waals surface area contributed by atoms with Crippen LogP contribution in [0.1, 0.15) is 36.7 Å². The fourth-order valence-electron chi connectivity index (χ4n) is 2.12. The van der Waals surface area contributed by atoms with Crippen molar-refractivity contribution in [3.63, 3.8) is 0 Å². The standard InChI is InChI=1S/C17H22ClN3OS.ClH/c1-9(10(2)19)16(22)20-11(3)17-21-15(12(4)23-17)13-5-7-14(18)8-6-13;/h5-11H,19H2,1-4H3,(H,20,22);1H. The second-order valence-electron chi connectivity index (χ2n) is 5.84. The molecule has 3 N–H and O–H groups in total. The van der Waals surface area contributed by atoms with Gasteiger partial charge in [-0.05, 0) is 32.9 Å². The summed E-state index contributed by atoms with van der Waals surface area (Å²) in [5, 5.41) is 4.57. The third-order valence-corrected chi connectivity index (χ3v) is 5.27. The fraction of sp³-hybridized carbons (Fsp3) is 0.412. The summed E-state index contributed by atoms with van der Waals surface area (Å²) in [6.45, 7) is 7.64. The SMILES string of the molecule is Cc1sc(C(C)NC(=O)C(C)C(C)N)nc1-c1ccc(Cl)cc1.Cl. The van der Waals surface area contributed by atoms with Crippen LogP contribution in [0, 0.1) is 12.8 Å². The van der Waals surface area contributed by atoms with Crippen molar-refractivity contribution in [1.82, 2.24) is 10.3 Å². The van der Waals surface area contributed by atoms with Crippen molar-refractivity contribution in [3.8, 4) is 11.3 Å². The molecule has 1 aromatic carbocycles. The van der Waals surface area contributed by atoms with Crippen LogP contribution in [-0.2, 0) is 4.79 Å². The van der Waals surface area contributed by atoms with Crippen LogP contribution in [0.3, 0.4) is 0 Å². The van der Waals surface area contributed by atoms with Gasteiger partial charge in [0.15, 0.2) is 0 Å². The van der Waals surface area contributed by atoms with Crippen LogP contribution in [0.15, 0.2) is 24.3 Å². The number of hydrogen-bond donors (Lipinski definition) is 2. The molecule has 3 atom stereocenters. The number of aryl methyl sites for hydroxylation is 1. The van der Waals surface area contributed by atoms with E-state index in [9.17, 15) is 4.79 Å². The Morgan fingerprint density at radius 2 is 1.83 bits per heavy atom. The number of nitrogens with one attached hydrogen (secondary N) is 1. The summed E-state index contributed by atoms with van der Waals surface area (Å²) >= 11 is 7.52. The van der Waals surface area contributed by atoms with Crippen LogP contribution in [0.2, 0.25) is 5.02 Å². The van der Waals surface area contributed by atoms with Gasteiger partial charge in [0.05, 0.1) is 11.7 Å². The summed E-state index contributed by atoms with van der Waals surface area (Å²) in [6, 6.07) is 7.29. The van der Waals surface area contributed by atoms with E-state index in [1.165, 1.54) is 0 Å². The summed E-state index contributed by atoms with van der Waals surface area (Å²) in [5.74, 6) is -0.275. The molecular formula is C17H23Cl2N3OS. The molecular weight excluding hydrogens is 365 g/mol. The minimum atomic E-state index is -0.228. The molecule has 1 aromatic heterocycles. The molecule has 3 unspecified atom stereocenters. The number of thiazole rings is 1. The van der Waals surface area contributed by atoms with Gasteiger partial charge in [-0.2, -0.15) is 0 Å². The van der Waals surface area contributed by atoms with Gasteiger partial charge >= 0.3 is 0 Å². The predicted molar refractivity (Wildman–Crippen MR) is 104 cm³/mol. The maximum absolute atomic E-state index is 12.1. The first-order valence-electron chi connectivity index (χ1n) is 7.58. The van der Waals surface area contributed by atoms with E-state index in [4.69, 9.17) is 22.3 Å². The molecule has 0 fully saturated rings. The van der Waals surface area contributed by atoms with Gasteiger partial charge in [0, 0.05) is 27.4 Å². The zero-order chi connectivity index (χ0) is 17.1. The highest BCUT2D eigenvalue weighted by Crippen LogP contribution is 2.31. The summed E-state index contributed by atoms with van der Waals surface area (Å²) in [6.07, 6.45) is 0. The summed E-state index contributed by atoms with van der Waals surface area (Å²) < 4.78 is 0. The lowest BCUT2D eigenvalue weighted by molar-refractivity contribution is -0.125. The number of benzene rings is 1. The quantitative estimate of drug-likeness (QED) is 0.800. The van der Waals surface area contributed by atoms with Crippen molar-refractivity contribution in [2.24, 2.45) is 11.7 Å². The number of amides is 1. The van der Waals surface area contributed by atoms with Gasteiger partial charge in [0.25, 0.3) is 0 Å². The molecule has 0 radical (unpaired) electrons. The lowest BCUT2D eigenvalue weighted by Crippen LogP contribution is -2.39. The van der Waals surface area contributed by atoms with Crippen molar-refractivity contribution in [2.45, 2.75) is 39.8 Å². The molecule has 2 rings (SSSR count). The zero-order valence-corrected chi connectivity index (χ0v) is 16.6. The van der Waals surface area contributed by atoms with Crippen LogP contribution < -0.4 is 11.1 Å². The molecule has 0 saturated carbocycles. The Balaban J connectivity index is 0.00000288. The molecule has 24 heavy (non-hydrogen) atoms. The van der Waals surface area contributed by atoms with Gasteiger partial charge in [-0.15, -0.1) is 23.7 Å². The van der Waals surface area contributed by atoms with Gasteiger partial charge in [-0.1, -0.05) is 30.7 Å². The first kappa shape index (κ1) is 20.9. The topological polar surface area (TPSA) is 68.0 Å². The Hall–Kier alpha value is -1.14. The number of nitrogens with zero attached hydrogens (tertiary/aromatic N) is 1. The van der Waals surface area contributed by atoms with E-state index in [0.29, 0.717) is 5.02 Å². The minimum absolute atomic E-state index is 0. The normalized spacial score (nSPS) is 14.4. The smallest absolute Gasteiger partial charge is 0.224 e. The molecule has 0 aliphatic heterocycles. The third-order valence-electron chi connectivity index (χ3n) is 3.86. The largest absolute Gasteiger partial charge is 0.347 e. The van der Waals surface area contributed by atoms with E-state index in [1.54, 1.807) is 11.3 Å². The molecule has 0 aliphatic carbocycles. The number of carbonyl (C=O) groups excluding carboxylic acids is 1. The molecule has 1 heterocycles. The van der Waals surface area contributed by atoms with Crippen LogP contribution in [-0.4, -0.2) is 16.9 Å². The molecule has 4 nitrogen and oxygen atoms in total. The molecule has 7 heteroatoms. The van der Waals surface area contributed by atoms with E-state index in [2.05, 4.69) is 5.32 Å². The van der Waals surface area contributed by atoms with Gasteiger partial charge in [0.2, 0.25) is 5.91 Å². The Kier molecular flexibility index (Phi) is 7.67. The van der Waals surface area contributed by atoms with Crippen molar-refractivity contribution in [2.75, 3.05) is 0 Å². The number of carbonyl (C=O) groups is 1. The van der Waals surface area contributed by atoms with Gasteiger partial charge < -0.3 is 11.1 Å². The Morgan fingerprint density at radius 1 is 1.25 bits per heavy atom. The lowest BCUT2D eigenvalue weighted by atomic mass is 10.0. The fourth-order valence-corrected chi connectivity index (χ4v) is 3.20. The predicted octanol–water partition coefficient (Wildman–Crippen LogP) is 4.35. The maximum atomic E-state index is 12.1. The average Bonchev–Trinajstić information content (AvgIpc) is 2.89. The number of nitrogens with two attached hydrogens (primary N) is 1. The second kappa shape index (κ2) is 8.81. The zero-order valence-electron chi connectivity index (χ0n) is 14.2. The van der Waals surface area contributed by atoms with Crippen LogP contribution in [0.25, 0.3) is 11.3 Å². The Bertz CT molecular complexity index is 686. The van der Waals surface area contributed by atoms with Gasteiger partial charge in [-0.3, -0.25) is 4.79 Å². The second-order valence-corrected chi connectivity index (χ2v) is 7.51. The highest BCUT2D eigenvalue weighted by Gasteiger charge is 2.21. The van der Waals surface area contributed by atoms with E-state index >= 15 is 0 Å². The average molecular weight is 388 g/mol. The first-order valence-corrected chi connectivity index (χ1v) is 8.78. The molecule has 2 aromatic rings. The molecule has 0 spiro atoms. The summed E-state index contributed by atoms with van der Waals surface area (Å²) in [4.78, 5) is 17.9. The van der Waals surface area contributed by atoms with Crippen LogP contribution in [0.4, 0.5) is 0 Å². The van der Waals surface area contributed by atoms with Crippen molar-refractivity contribution in [3.05, 3.63) is 39.2 Å². The highest BCUT2D eigenvalue weighted by molar-refractivity contribution is 7.12. The first-order chi connectivity index (χ1) is 10.8. The monoisotopic (exact) mass is 387 g/mol. The van der Waals surface area contributed by atoms with E-state index in [-0.39, 0.29) is 36.3 Å². The van der Waals surface area contributed by atoms with E-state index in [0.717, 1.165) is 21.1 Å². The summed E-state index contributed by atoms with van der Waals surface area (Å²) in [7, 11) is 0. The highest BCUT2D eigenvalue weighted by atomic mass is 35.5. The van der Waals surface area contributed by atoms with Crippen molar-refractivity contribution < 1.29 is 4.79 Å². The molecule has 0 saturated heterocycles. The van der Waals surface area contributed by atoms with E-state index in [1.807, 2.05) is 52.0 Å². The minimum Gasteiger partial charge on any atom is -0.347 e. The lowest BCUT2D eigenvalue weighted by Gasteiger charge is -2.18. The van der Waals surface area contributed by atoms with Crippen LogP contribution >= 0.6 is 35.3 Å². The van der Waals surface area contributed by atoms with Gasteiger partial charge in [-0.25, -0.2) is 4.98 Å². The Morgan fingerprint density at radius 3 is 2.38 bits per heavy atom. The number of aromatic nitrogens is 1. The maximum Gasteiger partial charge on any atom is 0.224 e. The number of halogens is 2.